The normalized spacial score (nSPS) is 11.9. The van der Waals surface area contributed by atoms with Crippen LogP contribution in [0.4, 0.5) is 0 Å². The second-order valence-electron chi connectivity index (χ2n) is 14.2. The van der Waals surface area contributed by atoms with Gasteiger partial charge in [-0.1, -0.05) is 154 Å². The molecule has 2 amide bonds. The minimum absolute atomic E-state index is 0. The fourth-order valence-corrected chi connectivity index (χ4v) is 5.68. The monoisotopic (exact) mass is 698 g/mol. The summed E-state index contributed by atoms with van der Waals surface area (Å²) in [7, 11) is 3.29. The zero-order valence-corrected chi connectivity index (χ0v) is 33.2. The lowest BCUT2D eigenvalue weighted by Crippen LogP contribution is -3.00. The molecule has 0 unspecified atom stereocenters. The number of hydrogen-bond acceptors (Lipinski definition) is 4. The van der Waals surface area contributed by atoms with E-state index in [0.29, 0.717) is 13.2 Å². The lowest BCUT2D eigenvalue weighted by atomic mass is 10.1. The summed E-state index contributed by atoms with van der Waals surface area (Å²) in [5, 5.41) is 0. The summed E-state index contributed by atoms with van der Waals surface area (Å²) in [5.41, 5.74) is 0. The van der Waals surface area contributed by atoms with Gasteiger partial charge in [0.05, 0.1) is 14.1 Å². The van der Waals surface area contributed by atoms with Crippen molar-refractivity contribution in [3.05, 3.63) is 24.3 Å². The van der Waals surface area contributed by atoms with E-state index in [2.05, 4.69) is 38.2 Å². The highest BCUT2D eigenvalue weighted by molar-refractivity contribution is 5.85. The SMILES string of the molecule is CCCCCCCC/C=C\CCCCCCCCOCC(=O)[N+](C)(C)C(=O)COCCCCCCCC/C=C\CCCCCCCC.[Cl-]. The molecule has 0 fully saturated rings. The Hall–Kier alpha value is -1.01. The molecule has 0 saturated carbocycles. The van der Waals surface area contributed by atoms with E-state index in [9.17, 15) is 9.59 Å². The van der Waals surface area contributed by atoms with Gasteiger partial charge in [0.15, 0.2) is 13.2 Å². The van der Waals surface area contributed by atoms with E-state index in [1.165, 1.54) is 154 Å². The zero-order chi connectivity index (χ0) is 34.5. The Kier molecular flexibility index (Phi) is 39.7. The number of ether oxygens (including phenoxy) is 2. The van der Waals surface area contributed by atoms with E-state index >= 15 is 0 Å². The van der Waals surface area contributed by atoms with Crippen LogP contribution in [0.2, 0.25) is 0 Å². The van der Waals surface area contributed by atoms with Gasteiger partial charge in [-0.2, -0.15) is 4.48 Å². The maximum atomic E-state index is 12.6. The van der Waals surface area contributed by atoms with Crippen LogP contribution in [0.15, 0.2) is 24.3 Å². The summed E-state index contributed by atoms with van der Waals surface area (Å²) >= 11 is 0. The summed E-state index contributed by atoms with van der Waals surface area (Å²) < 4.78 is 10.9. The van der Waals surface area contributed by atoms with Crippen molar-refractivity contribution in [2.24, 2.45) is 0 Å². The fraction of sp³-hybridized carbons (Fsp3) is 0.857. The summed E-state index contributed by atoms with van der Waals surface area (Å²) in [5.74, 6) is -0.416. The second kappa shape index (κ2) is 38.8. The Morgan fingerprint density at radius 3 is 0.958 bits per heavy atom. The zero-order valence-electron chi connectivity index (χ0n) is 32.4. The topological polar surface area (TPSA) is 52.6 Å². The predicted octanol–water partition coefficient (Wildman–Crippen LogP) is 9.23. The molecule has 0 rings (SSSR count). The standard InChI is InChI=1S/C42H80NO4.ClH/c1-5-7-9-11-13-15-17-19-21-23-25-27-29-31-33-35-37-46-39-41(44)43(3,4)42(45)40-47-38-36-34-32-30-28-26-24-22-20-18-16-14-12-10-8-6-2;/h19-22H,5-18,23-40H2,1-4H3;1H/q+1;/p-1/b21-19-,22-20-;. The molecule has 0 aromatic heterocycles. The summed E-state index contributed by atoms with van der Waals surface area (Å²) in [6.45, 7) is 5.66. The second-order valence-corrected chi connectivity index (χ2v) is 14.2. The molecule has 0 saturated heterocycles. The maximum Gasteiger partial charge on any atom is 0.346 e. The van der Waals surface area contributed by atoms with Gasteiger partial charge in [-0.25, -0.2) is 9.59 Å². The molecule has 5 nitrogen and oxygen atoms in total. The number of carbonyl (C=O) groups excluding carboxylic acids is 2. The highest BCUT2D eigenvalue weighted by Gasteiger charge is 2.35. The molecule has 0 N–H and O–H groups in total. The van der Waals surface area contributed by atoms with Crippen LogP contribution in [-0.4, -0.2) is 56.8 Å². The van der Waals surface area contributed by atoms with Crippen molar-refractivity contribution in [3.63, 3.8) is 0 Å². The summed E-state index contributed by atoms with van der Waals surface area (Å²) in [4.78, 5) is 25.3. The molecule has 48 heavy (non-hydrogen) atoms. The predicted molar refractivity (Wildman–Crippen MR) is 203 cm³/mol. The van der Waals surface area contributed by atoms with Gasteiger partial charge in [0.2, 0.25) is 0 Å². The molecule has 0 aliphatic heterocycles. The van der Waals surface area contributed by atoms with Crippen LogP contribution >= 0.6 is 0 Å². The molecule has 0 spiro atoms. The van der Waals surface area contributed by atoms with E-state index in [0.717, 1.165) is 25.7 Å². The summed E-state index contributed by atoms with van der Waals surface area (Å²) in [6, 6.07) is 0. The highest BCUT2D eigenvalue weighted by Crippen LogP contribution is 2.12. The number of unbranched alkanes of at least 4 members (excludes halogenated alkanes) is 24. The third-order valence-electron chi connectivity index (χ3n) is 9.30. The molecule has 0 aliphatic rings. The van der Waals surface area contributed by atoms with Crippen molar-refractivity contribution in [1.82, 2.24) is 0 Å². The minimum atomic E-state index is -0.319. The summed E-state index contributed by atoms with van der Waals surface area (Å²) in [6.07, 6.45) is 45.1. The van der Waals surface area contributed by atoms with Gasteiger partial charge < -0.3 is 21.9 Å². The Morgan fingerprint density at radius 1 is 0.417 bits per heavy atom. The van der Waals surface area contributed by atoms with Crippen molar-refractivity contribution in [2.75, 3.05) is 40.5 Å². The van der Waals surface area contributed by atoms with Crippen LogP contribution in [0.3, 0.4) is 0 Å². The maximum absolute atomic E-state index is 12.6. The largest absolute Gasteiger partial charge is 1.00 e. The molecule has 0 heterocycles. The first-order valence-electron chi connectivity index (χ1n) is 20.3. The number of carbonyl (C=O) groups is 2. The van der Waals surface area contributed by atoms with E-state index in [4.69, 9.17) is 9.47 Å². The van der Waals surface area contributed by atoms with Gasteiger partial charge in [-0.3, -0.25) is 0 Å². The van der Waals surface area contributed by atoms with Crippen LogP contribution in [0, 0.1) is 0 Å². The smallest absolute Gasteiger partial charge is 0.346 e. The van der Waals surface area contributed by atoms with Crippen molar-refractivity contribution >= 4 is 11.8 Å². The lowest BCUT2D eigenvalue weighted by Gasteiger charge is -2.23. The molecule has 284 valence electrons. The number of amides is 2. The molecule has 6 heteroatoms. The Labute approximate surface area is 305 Å². The fourth-order valence-electron chi connectivity index (χ4n) is 5.68. The number of nitrogens with zero attached hydrogens (tertiary/aromatic N) is 1. The molecule has 0 aromatic rings. The minimum Gasteiger partial charge on any atom is -1.00 e. The van der Waals surface area contributed by atoms with Crippen molar-refractivity contribution < 1.29 is 36.0 Å². The van der Waals surface area contributed by atoms with Crippen LogP contribution in [-0.2, 0) is 19.1 Å². The average Bonchev–Trinajstić information content (AvgIpc) is 3.06. The molecule has 0 aliphatic carbocycles. The van der Waals surface area contributed by atoms with Gasteiger partial charge in [0.25, 0.3) is 0 Å². The number of halogens is 1. The molecular weight excluding hydrogens is 618 g/mol. The van der Waals surface area contributed by atoms with Gasteiger partial charge in [-0.15, -0.1) is 0 Å². The van der Waals surface area contributed by atoms with Gasteiger partial charge in [0.1, 0.15) is 0 Å². The van der Waals surface area contributed by atoms with Crippen molar-refractivity contribution in [1.29, 1.82) is 0 Å². The van der Waals surface area contributed by atoms with E-state index in [1.54, 1.807) is 14.1 Å². The molecule has 0 radical (unpaired) electrons. The quantitative estimate of drug-likeness (QED) is 0.0372. The van der Waals surface area contributed by atoms with E-state index in [1.807, 2.05) is 0 Å². The van der Waals surface area contributed by atoms with Crippen LogP contribution < -0.4 is 12.4 Å². The van der Waals surface area contributed by atoms with E-state index in [-0.39, 0.29) is 41.9 Å². The van der Waals surface area contributed by atoms with Crippen LogP contribution in [0.25, 0.3) is 0 Å². The Bertz CT molecular complexity index is 692. The number of quaternary nitrogens is 1. The third kappa shape index (κ3) is 33.5. The average molecular weight is 699 g/mol. The van der Waals surface area contributed by atoms with Gasteiger partial charge in [0, 0.05) is 13.2 Å². The van der Waals surface area contributed by atoms with Crippen LogP contribution in [0.1, 0.15) is 194 Å². The first-order valence-corrected chi connectivity index (χ1v) is 20.3. The molecule has 0 bridgehead atoms. The third-order valence-corrected chi connectivity index (χ3v) is 9.30. The lowest BCUT2D eigenvalue weighted by molar-refractivity contribution is -0.736. The first kappa shape index (κ1) is 49.1. The van der Waals surface area contributed by atoms with Crippen molar-refractivity contribution in [3.8, 4) is 0 Å². The van der Waals surface area contributed by atoms with Crippen molar-refractivity contribution in [2.45, 2.75) is 194 Å². The number of allylic oxidation sites excluding steroid dienone is 4. The molecule has 0 aromatic carbocycles. The van der Waals surface area contributed by atoms with Gasteiger partial charge >= 0.3 is 11.8 Å². The number of likely N-dealkylation sites (N-methyl/N-ethyl adjacent to an activating group) is 1. The molecular formula is C42H80ClNO4. The van der Waals surface area contributed by atoms with Crippen LogP contribution in [0.5, 0.6) is 0 Å². The van der Waals surface area contributed by atoms with E-state index < -0.39 is 0 Å². The number of imide groups is 1. The highest BCUT2D eigenvalue weighted by atomic mass is 35.5. The Morgan fingerprint density at radius 2 is 0.667 bits per heavy atom. The molecule has 0 atom stereocenters. The Balaban J connectivity index is 0. The first-order chi connectivity index (χ1) is 23.0. The number of rotatable bonds is 36. The number of hydrogen-bond donors (Lipinski definition) is 0. The van der Waals surface area contributed by atoms with Gasteiger partial charge in [-0.05, 0) is 64.2 Å².